The van der Waals surface area contributed by atoms with Gasteiger partial charge in [-0.25, -0.2) is 0 Å². The maximum Gasteiger partial charge on any atom is 0.258 e. The van der Waals surface area contributed by atoms with Crippen molar-refractivity contribution in [1.82, 2.24) is 10.2 Å². The molecule has 2 aromatic rings. The van der Waals surface area contributed by atoms with Gasteiger partial charge in [0.25, 0.3) is 5.91 Å². The third-order valence-electron chi connectivity index (χ3n) is 4.04. The van der Waals surface area contributed by atoms with Gasteiger partial charge in [-0.2, -0.15) is 0 Å². The molecular weight excluding hydrogens is 252 g/mol. The lowest BCUT2D eigenvalue weighted by Crippen LogP contribution is -2.48. The number of rotatable bonds is 3. The van der Waals surface area contributed by atoms with Gasteiger partial charge in [0.05, 0.1) is 5.56 Å². The molecule has 1 aliphatic rings. The summed E-state index contributed by atoms with van der Waals surface area (Å²) < 4.78 is 5.49. The van der Waals surface area contributed by atoms with Gasteiger partial charge < -0.3 is 14.6 Å². The molecule has 3 rings (SSSR count). The standard InChI is InChI=1S/C16H20N2O2/c1-17-10-12-6-4-5-9-18(12)16(19)14-11-20-15-8-3-2-7-13(14)15/h2-3,7-8,11-12,17H,4-6,9-10H2,1H3. The molecule has 1 saturated heterocycles. The number of nitrogens with one attached hydrogen (secondary N) is 1. The molecule has 2 heterocycles. The summed E-state index contributed by atoms with van der Waals surface area (Å²) in [6, 6.07) is 7.99. The van der Waals surface area contributed by atoms with Crippen LogP contribution in [0.25, 0.3) is 11.0 Å². The third kappa shape index (κ3) is 2.31. The van der Waals surface area contributed by atoms with Crippen LogP contribution in [0.2, 0.25) is 0 Å². The van der Waals surface area contributed by atoms with Crippen LogP contribution in [0.1, 0.15) is 29.6 Å². The number of piperidine rings is 1. The molecule has 1 fully saturated rings. The highest BCUT2D eigenvalue weighted by Crippen LogP contribution is 2.25. The van der Waals surface area contributed by atoms with E-state index in [-0.39, 0.29) is 11.9 Å². The lowest BCUT2D eigenvalue weighted by molar-refractivity contribution is 0.0616. The van der Waals surface area contributed by atoms with Crippen LogP contribution in [-0.2, 0) is 0 Å². The van der Waals surface area contributed by atoms with Crippen molar-refractivity contribution in [2.75, 3.05) is 20.1 Å². The number of hydrogen-bond donors (Lipinski definition) is 1. The quantitative estimate of drug-likeness (QED) is 0.934. The van der Waals surface area contributed by atoms with Crippen LogP contribution in [0.4, 0.5) is 0 Å². The molecular formula is C16H20N2O2. The summed E-state index contributed by atoms with van der Waals surface area (Å²) in [7, 11) is 1.94. The number of para-hydroxylation sites is 1. The second-order valence-corrected chi connectivity index (χ2v) is 5.35. The van der Waals surface area contributed by atoms with Crippen molar-refractivity contribution < 1.29 is 9.21 Å². The first-order valence-corrected chi connectivity index (χ1v) is 7.23. The van der Waals surface area contributed by atoms with Crippen LogP contribution in [0, 0.1) is 0 Å². The molecule has 4 nitrogen and oxygen atoms in total. The lowest BCUT2D eigenvalue weighted by Gasteiger charge is -2.35. The average Bonchev–Trinajstić information content (AvgIpc) is 2.91. The van der Waals surface area contributed by atoms with Crippen molar-refractivity contribution in [3.63, 3.8) is 0 Å². The molecule has 0 radical (unpaired) electrons. The Morgan fingerprint density at radius 2 is 2.25 bits per heavy atom. The smallest absolute Gasteiger partial charge is 0.258 e. The third-order valence-corrected chi connectivity index (χ3v) is 4.04. The molecule has 1 unspecified atom stereocenters. The van der Waals surface area contributed by atoms with Crippen molar-refractivity contribution in [2.45, 2.75) is 25.3 Å². The molecule has 4 heteroatoms. The topological polar surface area (TPSA) is 45.5 Å². The van der Waals surface area contributed by atoms with Gasteiger partial charge in [0.1, 0.15) is 11.8 Å². The normalized spacial score (nSPS) is 19.4. The molecule has 1 amide bonds. The number of carbonyl (C=O) groups excluding carboxylic acids is 1. The molecule has 1 aliphatic heterocycles. The van der Waals surface area contributed by atoms with Crippen LogP contribution in [0.5, 0.6) is 0 Å². The van der Waals surface area contributed by atoms with Crippen LogP contribution in [-0.4, -0.2) is 37.0 Å². The Balaban J connectivity index is 1.90. The van der Waals surface area contributed by atoms with Gasteiger partial charge in [-0.3, -0.25) is 4.79 Å². The summed E-state index contributed by atoms with van der Waals surface area (Å²) in [6.07, 6.45) is 4.95. The van der Waals surface area contributed by atoms with Crippen molar-refractivity contribution in [2.24, 2.45) is 0 Å². The van der Waals surface area contributed by atoms with Crippen LogP contribution in [0.15, 0.2) is 34.9 Å². The number of hydrogen-bond acceptors (Lipinski definition) is 3. The zero-order chi connectivity index (χ0) is 13.9. The van der Waals surface area contributed by atoms with E-state index >= 15 is 0 Å². The highest BCUT2D eigenvalue weighted by Gasteiger charge is 2.28. The maximum absolute atomic E-state index is 12.8. The Bertz CT molecular complexity index is 603. The van der Waals surface area contributed by atoms with Crippen LogP contribution >= 0.6 is 0 Å². The van der Waals surface area contributed by atoms with E-state index in [9.17, 15) is 4.79 Å². The van der Waals surface area contributed by atoms with Gasteiger partial charge in [-0.1, -0.05) is 18.2 Å². The van der Waals surface area contributed by atoms with E-state index in [1.165, 1.54) is 6.42 Å². The van der Waals surface area contributed by atoms with Gasteiger partial charge in [0.2, 0.25) is 0 Å². The summed E-state index contributed by atoms with van der Waals surface area (Å²) in [5.74, 6) is 0.0925. The summed E-state index contributed by atoms with van der Waals surface area (Å²) in [5.41, 5.74) is 1.46. The average molecular weight is 272 g/mol. The molecule has 1 atom stereocenters. The predicted molar refractivity (Wildman–Crippen MR) is 78.8 cm³/mol. The minimum absolute atomic E-state index is 0.0925. The minimum atomic E-state index is 0.0925. The van der Waals surface area contributed by atoms with Crippen LogP contribution in [0.3, 0.4) is 0 Å². The van der Waals surface area contributed by atoms with Gasteiger partial charge >= 0.3 is 0 Å². The zero-order valence-corrected chi connectivity index (χ0v) is 11.8. The minimum Gasteiger partial charge on any atom is -0.463 e. The fourth-order valence-corrected chi connectivity index (χ4v) is 3.01. The Kier molecular flexibility index (Phi) is 3.74. The number of likely N-dealkylation sites (N-methyl/N-ethyl adjacent to an activating group) is 1. The van der Waals surface area contributed by atoms with E-state index in [0.29, 0.717) is 5.56 Å². The van der Waals surface area contributed by atoms with E-state index < -0.39 is 0 Å². The van der Waals surface area contributed by atoms with Gasteiger partial charge in [0, 0.05) is 24.5 Å². The highest BCUT2D eigenvalue weighted by atomic mass is 16.3. The second-order valence-electron chi connectivity index (χ2n) is 5.35. The molecule has 0 bridgehead atoms. The first-order chi connectivity index (χ1) is 9.81. The fourth-order valence-electron chi connectivity index (χ4n) is 3.01. The predicted octanol–water partition coefficient (Wildman–Crippen LogP) is 2.65. The number of amides is 1. The SMILES string of the molecule is CNCC1CCCCN1C(=O)c1coc2ccccc12. The highest BCUT2D eigenvalue weighted by molar-refractivity contribution is 6.06. The fraction of sp³-hybridized carbons (Fsp3) is 0.438. The van der Waals surface area contributed by atoms with Crippen molar-refractivity contribution in [3.8, 4) is 0 Å². The Hall–Kier alpha value is -1.81. The molecule has 0 aliphatic carbocycles. The zero-order valence-electron chi connectivity index (χ0n) is 11.8. The van der Waals surface area contributed by atoms with Gasteiger partial charge in [-0.15, -0.1) is 0 Å². The Morgan fingerprint density at radius 3 is 3.10 bits per heavy atom. The second kappa shape index (κ2) is 5.67. The number of carbonyl (C=O) groups is 1. The molecule has 20 heavy (non-hydrogen) atoms. The number of nitrogens with zero attached hydrogens (tertiary/aromatic N) is 1. The van der Waals surface area contributed by atoms with E-state index in [2.05, 4.69) is 5.32 Å². The molecule has 1 aromatic carbocycles. The van der Waals surface area contributed by atoms with Crippen molar-refractivity contribution >= 4 is 16.9 Å². The first kappa shape index (κ1) is 13.2. The van der Waals surface area contributed by atoms with E-state index in [0.717, 1.165) is 36.9 Å². The molecule has 106 valence electrons. The lowest BCUT2D eigenvalue weighted by atomic mass is 10.0. The first-order valence-electron chi connectivity index (χ1n) is 7.23. The molecule has 0 spiro atoms. The summed E-state index contributed by atoms with van der Waals surface area (Å²) >= 11 is 0. The van der Waals surface area contributed by atoms with Crippen molar-refractivity contribution in [1.29, 1.82) is 0 Å². The molecule has 1 aromatic heterocycles. The summed E-state index contributed by atoms with van der Waals surface area (Å²) in [6.45, 7) is 1.69. The largest absolute Gasteiger partial charge is 0.463 e. The van der Waals surface area contributed by atoms with E-state index in [4.69, 9.17) is 4.42 Å². The maximum atomic E-state index is 12.8. The monoisotopic (exact) mass is 272 g/mol. The van der Waals surface area contributed by atoms with Crippen LogP contribution < -0.4 is 5.32 Å². The Labute approximate surface area is 118 Å². The summed E-state index contributed by atoms with van der Waals surface area (Å²) in [4.78, 5) is 14.8. The van der Waals surface area contributed by atoms with E-state index in [1.807, 2.05) is 36.2 Å². The number of fused-ring (bicyclic) bond motifs is 1. The molecule has 0 saturated carbocycles. The number of furan rings is 1. The number of benzene rings is 1. The Morgan fingerprint density at radius 1 is 1.40 bits per heavy atom. The van der Waals surface area contributed by atoms with Gasteiger partial charge in [-0.05, 0) is 32.4 Å². The summed E-state index contributed by atoms with van der Waals surface area (Å²) in [5, 5.41) is 4.10. The van der Waals surface area contributed by atoms with Crippen molar-refractivity contribution in [3.05, 3.63) is 36.1 Å². The van der Waals surface area contributed by atoms with E-state index in [1.54, 1.807) is 6.26 Å². The number of likely N-dealkylation sites (tertiary alicyclic amines) is 1. The van der Waals surface area contributed by atoms with Gasteiger partial charge in [0.15, 0.2) is 0 Å². The molecule has 1 N–H and O–H groups in total.